The van der Waals surface area contributed by atoms with Crippen LogP contribution >= 0.6 is 0 Å². The number of rotatable bonds is 5. The van der Waals surface area contributed by atoms with Gasteiger partial charge >= 0.3 is 0 Å². The molecule has 0 aliphatic heterocycles. The number of amides is 2. The van der Waals surface area contributed by atoms with Crippen LogP contribution in [0.25, 0.3) is 0 Å². The van der Waals surface area contributed by atoms with Crippen LogP contribution in [0.4, 0.5) is 15.8 Å². The van der Waals surface area contributed by atoms with Crippen LogP contribution in [0.15, 0.2) is 48.5 Å². The summed E-state index contributed by atoms with van der Waals surface area (Å²) in [5, 5.41) is 5.77. The van der Waals surface area contributed by atoms with Crippen molar-refractivity contribution in [3.05, 3.63) is 59.9 Å². The van der Waals surface area contributed by atoms with Crippen molar-refractivity contribution in [2.24, 2.45) is 23.2 Å². The van der Waals surface area contributed by atoms with Crippen molar-refractivity contribution in [3.63, 3.8) is 0 Å². The molecule has 156 valence electrons. The average molecular weight is 407 g/mol. The van der Waals surface area contributed by atoms with Gasteiger partial charge in [-0.2, -0.15) is 0 Å². The smallest absolute Gasteiger partial charge is 0.257 e. The molecule has 4 aliphatic rings. The van der Waals surface area contributed by atoms with Crippen LogP contribution in [0.5, 0.6) is 0 Å². The van der Waals surface area contributed by atoms with Crippen molar-refractivity contribution in [2.75, 3.05) is 10.6 Å². The van der Waals surface area contributed by atoms with Gasteiger partial charge in [-0.15, -0.1) is 0 Å². The fourth-order valence-corrected chi connectivity index (χ4v) is 6.56. The van der Waals surface area contributed by atoms with Gasteiger partial charge in [0.15, 0.2) is 0 Å². The van der Waals surface area contributed by atoms with Gasteiger partial charge in [0, 0.05) is 12.1 Å². The highest BCUT2D eigenvalue weighted by molar-refractivity contribution is 6.10. The molecule has 0 unspecified atom stereocenters. The zero-order valence-electron chi connectivity index (χ0n) is 17.0. The predicted octanol–water partition coefficient (Wildman–Crippen LogP) is 5.62. The lowest BCUT2D eigenvalue weighted by Crippen LogP contribution is -2.47. The Morgan fingerprint density at radius 2 is 1.47 bits per heavy atom. The van der Waals surface area contributed by atoms with Crippen LogP contribution in [-0.2, 0) is 4.79 Å². The number of carbonyl (C=O) groups excluding carboxylic acids is 2. The monoisotopic (exact) mass is 406 g/mol. The van der Waals surface area contributed by atoms with E-state index in [2.05, 4.69) is 10.6 Å². The minimum Gasteiger partial charge on any atom is -0.325 e. The van der Waals surface area contributed by atoms with Crippen LogP contribution in [0.2, 0.25) is 0 Å². The molecule has 2 aromatic rings. The van der Waals surface area contributed by atoms with Gasteiger partial charge in [0.1, 0.15) is 5.82 Å². The molecule has 5 heteroatoms. The molecule has 4 aliphatic carbocycles. The minimum atomic E-state index is -0.356. The maximum Gasteiger partial charge on any atom is 0.257 e. The molecule has 0 saturated heterocycles. The molecule has 0 heterocycles. The molecule has 0 atom stereocenters. The van der Waals surface area contributed by atoms with E-state index in [4.69, 9.17) is 0 Å². The lowest BCUT2D eigenvalue weighted by molar-refractivity contribution is -0.124. The zero-order valence-corrected chi connectivity index (χ0v) is 17.0. The molecular formula is C25H27FN2O2. The molecule has 4 fully saturated rings. The predicted molar refractivity (Wildman–Crippen MR) is 115 cm³/mol. The van der Waals surface area contributed by atoms with Crippen molar-refractivity contribution in [2.45, 2.75) is 44.9 Å². The molecule has 6 rings (SSSR count). The van der Waals surface area contributed by atoms with Crippen molar-refractivity contribution in [1.29, 1.82) is 0 Å². The highest BCUT2D eigenvalue weighted by Crippen LogP contribution is 2.61. The summed E-state index contributed by atoms with van der Waals surface area (Å²) in [5.41, 5.74) is 1.59. The van der Waals surface area contributed by atoms with E-state index in [0.29, 0.717) is 23.4 Å². The van der Waals surface area contributed by atoms with Crippen LogP contribution in [-0.4, -0.2) is 11.8 Å². The molecule has 2 amide bonds. The maximum atomic E-state index is 13.1. The highest BCUT2D eigenvalue weighted by atomic mass is 19.1. The molecule has 0 spiro atoms. The van der Waals surface area contributed by atoms with Crippen molar-refractivity contribution >= 4 is 23.2 Å². The Balaban J connectivity index is 1.28. The molecule has 30 heavy (non-hydrogen) atoms. The second-order valence-corrected chi connectivity index (χ2v) is 9.65. The first-order valence-corrected chi connectivity index (χ1v) is 10.9. The van der Waals surface area contributed by atoms with Crippen molar-refractivity contribution < 1.29 is 14.0 Å². The number of nitrogens with one attached hydrogen (secondary N) is 2. The van der Waals surface area contributed by atoms with Gasteiger partial charge < -0.3 is 10.6 Å². The van der Waals surface area contributed by atoms with E-state index < -0.39 is 0 Å². The number of anilines is 2. The Hall–Kier alpha value is -2.69. The van der Waals surface area contributed by atoms with Crippen LogP contribution in [0.1, 0.15) is 55.3 Å². The van der Waals surface area contributed by atoms with E-state index in [9.17, 15) is 14.0 Å². The summed E-state index contributed by atoms with van der Waals surface area (Å²) in [7, 11) is 0. The lowest BCUT2D eigenvalue weighted by atomic mass is 9.49. The van der Waals surface area contributed by atoms with Gasteiger partial charge in [-0.3, -0.25) is 9.59 Å². The number of para-hydroxylation sites is 1. The van der Waals surface area contributed by atoms with Crippen LogP contribution in [0.3, 0.4) is 0 Å². The first-order valence-electron chi connectivity index (χ1n) is 10.9. The van der Waals surface area contributed by atoms with E-state index in [0.717, 1.165) is 17.8 Å². The summed E-state index contributed by atoms with van der Waals surface area (Å²) in [6.45, 7) is 0. The first-order chi connectivity index (χ1) is 14.5. The third kappa shape index (κ3) is 3.85. The van der Waals surface area contributed by atoms with Gasteiger partial charge in [-0.25, -0.2) is 4.39 Å². The largest absolute Gasteiger partial charge is 0.325 e. The molecule has 4 saturated carbocycles. The molecule has 4 nitrogen and oxygen atoms in total. The second kappa shape index (κ2) is 7.53. The Labute approximate surface area is 176 Å². The van der Waals surface area contributed by atoms with Crippen LogP contribution < -0.4 is 10.6 Å². The number of hydrogen-bond donors (Lipinski definition) is 2. The van der Waals surface area contributed by atoms with Gasteiger partial charge in [-0.1, -0.05) is 12.1 Å². The summed E-state index contributed by atoms with van der Waals surface area (Å²) in [6.07, 6.45) is 8.15. The molecule has 2 aromatic carbocycles. The Kier molecular flexibility index (Phi) is 4.84. The standard InChI is InChI=1S/C25H27FN2O2/c26-19-5-7-20(8-6-19)27-24(30)21-3-1-2-4-22(21)28-23(29)15-25-12-16-9-17(13-25)11-18(10-16)14-25/h1-8,16-18H,9-15H2,(H,27,30)(H,28,29). The van der Waals surface area contributed by atoms with E-state index >= 15 is 0 Å². The van der Waals surface area contributed by atoms with E-state index in [1.165, 1.54) is 62.8 Å². The molecule has 2 N–H and O–H groups in total. The molecular weight excluding hydrogens is 379 g/mol. The highest BCUT2D eigenvalue weighted by Gasteiger charge is 2.51. The van der Waals surface area contributed by atoms with Crippen molar-refractivity contribution in [1.82, 2.24) is 0 Å². The van der Waals surface area contributed by atoms with Gasteiger partial charge in [0.25, 0.3) is 5.91 Å². The summed E-state index contributed by atoms with van der Waals surface area (Å²) in [5.74, 6) is 1.73. The van der Waals surface area contributed by atoms with E-state index in [1.807, 2.05) is 6.07 Å². The van der Waals surface area contributed by atoms with Crippen LogP contribution in [0, 0.1) is 29.0 Å². The number of carbonyl (C=O) groups is 2. The normalized spacial score (nSPS) is 28.9. The number of benzene rings is 2. The summed E-state index contributed by atoms with van der Waals surface area (Å²) in [6, 6.07) is 12.7. The van der Waals surface area contributed by atoms with E-state index in [-0.39, 0.29) is 23.0 Å². The van der Waals surface area contributed by atoms with Gasteiger partial charge in [-0.05, 0) is 98.1 Å². The molecule has 4 bridgehead atoms. The SMILES string of the molecule is O=C(CC12CC3CC(CC(C3)C1)C2)Nc1ccccc1C(=O)Nc1ccc(F)cc1. The third-order valence-electron chi connectivity index (χ3n) is 7.25. The lowest BCUT2D eigenvalue weighted by Gasteiger charge is -2.56. The zero-order chi connectivity index (χ0) is 20.7. The Morgan fingerprint density at radius 1 is 0.867 bits per heavy atom. The fraction of sp³-hybridized carbons (Fsp3) is 0.440. The number of hydrogen-bond acceptors (Lipinski definition) is 2. The molecule has 0 radical (unpaired) electrons. The quantitative estimate of drug-likeness (QED) is 0.677. The van der Waals surface area contributed by atoms with Crippen molar-refractivity contribution in [3.8, 4) is 0 Å². The topological polar surface area (TPSA) is 58.2 Å². The average Bonchev–Trinajstić information content (AvgIpc) is 2.68. The number of halogens is 1. The van der Waals surface area contributed by atoms with Gasteiger partial charge in [0.2, 0.25) is 5.91 Å². The third-order valence-corrected chi connectivity index (χ3v) is 7.25. The Bertz CT molecular complexity index is 934. The second-order valence-electron chi connectivity index (χ2n) is 9.65. The van der Waals surface area contributed by atoms with E-state index in [1.54, 1.807) is 18.2 Å². The summed E-state index contributed by atoms with van der Waals surface area (Å²) >= 11 is 0. The fourth-order valence-electron chi connectivity index (χ4n) is 6.56. The minimum absolute atomic E-state index is 0.000942. The Morgan fingerprint density at radius 3 is 2.10 bits per heavy atom. The first kappa shape index (κ1) is 19.3. The van der Waals surface area contributed by atoms with Gasteiger partial charge in [0.05, 0.1) is 11.3 Å². The molecule has 0 aromatic heterocycles. The summed E-state index contributed by atoms with van der Waals surface area (Å²) < 4.78 is 13.1. The maximum absolute atomic E-state index is 13.1. The summed E-state index contributed by atoms with van der Waals surface area (Å²) in [4.78, 5) is 25.7.